The van der Waals surface area contributed by atoms with Gasteiger partial charge in [-0.3, -0.25) is 0 Å². The highest BCUT2D eigenvalue weighted by atomic mass is 19.1. The summed E-state index contributed by atoms with van der Waals surface area (Å²) in [5, 5.41) is 11.5. The summed E-state index contributed by atoms with van der Waals surface area (Å²) in [6, 6.07) is 6.52. The van der Waals surface area contributed by atoms with Crippen LogP contribution in [0.1, 0.15) is 50.1 Å². The molecule has 0 bridgehead atoms. The zero-order chi connectivity index (χ0) is 14.4. The Kier molecular flexibility index (Phi) is 5.24. The minimum absolute atomic E-state index is 0.0868. The molecule has 0 aliphatic carbocycles. The van der Waals surface area contributed by atoms with E-state index in [1.165, 1.54) is 12.1 Å². The highest BCUT2D eigenvalue weighted by Crippen LogP contribution is 2.17. The van der Waals surface area contributed by atoms with Gasteiger partial charge in [0.2, 0.25) is 11.8 Å². The van der Waals surface area contributed by atoms with Crippen molar-refractivity contribution in [1.82, 2.24) is 15.5 Å². The van der Waals surface area contributed by atoms with E-state index in [1.807, 2.05) is 6.07 Å². The molecule has 0 aliphatic rings. The minimum Gasteiger partial charge on any atom is -0.423 e. The van der Waals surface area contributed by atoms with Crippen molar-refractivity contribution in [2.24, 2.45) is 0 Å². The molecule has 1 N–H and O–H groups in total. The van der Waals surface area contributed by atoms with E-state index in [0.29, 0.717) is 18.2 Å². The first kappa shape index (κ1) is 14.7. The second-order valence-electron chi connectivity index (χ2n) is 4.76. The quantitative estimate of drug-likeness (QED) is 0.844. The van der Waals surface area contributed by atoms with E-state index in [0.717, 1.165) is 24.9 Å². The second kappa shape index (κ2) is 7.14. The average Bonchev–Trinajstić information content (AvgIpc) is 2.88. The van der Waals surface area contributed by atoms with Crippen LogP contribution in [0.25, 0.3) is 0 Å². The van der Waals surface area contributed by atoms with E-state index < -0.39 is 0 Å². The second-order valence-corrected chi connectivity index (χ2v) is 4.76. The standard InChI is InChI=1S/C15H20FN3O/c1-3-8-17-13(4-2)15-19-18-14(20-15)10-11-6-5-7-12(16)9-11/h5-7,9,13,17H,3-4,8,10H2,1-2H3. The first-order valence-electron chi connectivity index (χ1n) is 7.03. The molecule has 0 spiro atoms. The fraction of sp³-hybridized carbons (Fsp3) is 0.467. The van der Waals surface area contributed by atoms with Gasteiger partial charge < -0.3 is 9.73 Å². The number of aromatic nitrogens is 2. The van der Waals surface area contributed by atoms with Gasteiger partial charge in [0.15, 0.2) is 0 Å². The number of rotatable bonds is 7. The smallest absolute Gasteiger partial charge is 0.233 e. The van der Waals surface area contributed by atoms with Crippen LogP contribution >= 0.6 is 0 Å². The van der Waals surface area contributed by atoms with E-state index in [2.05, 4.69) is 29.4 Å². The van der Waals surface area contributed by atoms with Crippen molar-refractivity contribution in [2.75, 3.05) is 6.54 Å². The Morgan fingerprint density at radius 3 is 2.85 bits per heavy atom. The van der Waals surface area contributed by atoms with Crippen molar-refractivity contribution in [2.45, 2.75) is 39.2 Å². The zero-order valence-corrected chi connectivity index (χ0v) is 11.9. The molecule has 1 unspecified atom stereocenters. The fourth-order valence-corrected chi connectivity index (χ4v) is 2.03. The molecule has 0 fully saturated rings. The fourth-order valence-electron chi connectivity index (χ4n) is 2.03. The lowest BCUT2D eigenvalue weighted by Gasteiger charge is -2.11. The molecule has 0 radical (unpaired) electrons. The van der Waals surface area contributed by atoms with Crippen LogP contribution in [0.3, 0.4) is 0 Å². The van der Waals surface area contributed by atoms with Crippen LogP contribution in [0.2, 0.25) is 0 Å². The highest BCUT2D eigenvalue weighted by Gasteiger charge is 2.16. The first-order chi connectivity index (χ1) is 9.72. The molecule has 1 aromatic carbocycles. The molecule has 108 valence electrons. The molecule has 0 saturated carbocycles. The van der Waals surface area contributed by atoms with Crippen LogP contribution in [-0.4, -0.2) is 16.7 Å². The van der Waals surface area contributed by atoms with Crippen LogP contribution in [0, 0.1) is 5.82 Å². The maximum Gasteiger partial charge on any atom is 0.233 e. The SMILES string of the molecule is CCCNC(CC)c1nnc(Cc2cccc(F)c2)o1. The number of halogens is 1. The lowest BCUT2D eigenvalue weighted by molar-refractivity contribution is 0.376. The molecule has 1 atom stereocenters. The van der Waals surface area contributed by atoms with Gasteiger partial charge in [-0.15, -0.1) is 10.2 Å². The lowest BCUT2D eigenvalue weighted by Crippen LogP contribution is -2.21. The molecular weight excluding hydrogens is 257 g/mol. The summed E-state index contributed by atoms with van der Waals surface area (Å²) in [5.41, 5.74) is 0.828. The molecule has 1 heterocycles. The number of hydrogen-bond donors (Lipinski definition) is 1. The van der Waals surface area contributed by atoms with Crippen LogP contribution in [0.5, 0.6) is 0 Å². The van der Waals surface area contributed by atoms with Crippen molar-refractivity contribution in [1.29, 1.82) is 0 Å². The van der Waals surface area contributed by atoms with Crippen LogP contribution < -0.4 is 5.32 Å². The van der Waals surface area contributed by atoms with Gasteiger partial charge in [0.05, 0.1) is 12.5 Å². The Morgan fingerprint density at radius 2 is 2.15 bits per heavy atom. The maximum atomic E-state index is 13.1. The summed E-state index contributed by atoms with van der Waals surface area (Å²) in [5.74, 6) is 0.869. The third kappa shape index (κ3) is 3.87. The number of nitrogens with one attached hydrogen (secondary N) is 1. The molecule has 0 aliphatic heterocycles. The lowest BCUT2D eigenvalue weighted by atomic mass is 10.1. The van der Waals surface area contributed by atoms with Gasteiger partial charge in [0.1, 0.15) is 5.82 Å². The Hall–Kier alpha value is -1.75. The number of benzene rings is 1. The predicted octanol–water partition coefficient (Wildman–Crippen LogP) is 3.25. The first-order valence-corrected chi connectivity index (χ1v) is 7.03. The third-order valence-corrected chi connectivity index (χ3v) is 3.07. The Bertz CT molecular complexity index is 541. The molecule has 0 saturated heterocycles. The van der Waals surface area contributed by atoms with Gasteiger partial charge >= 0.3 is 0 Å². The summed E-state index contributed by atoms with van der Waals surface area (Å²) >= 11 is 0. The highest BCUT2D eigenvalue weighted by molar-refractivity contribution is 5.19. The molecule has 2 aromatic rings. The van der Waals surface area contributed by atoms with Crippen molar-refractivity contribution in [3.05, 3.63) is 47.4 Å². The number of hydrogen-bond acceptors (Lipinski definition) is 4. The van der Waals surface area contributed by atoms with Crippen molar-refractivity contribution in [3.63, 3.8) is 0 Å². The molecule has 4 nitrogen and oxygen atoms in total. The minimum atomic E-state index is -0.252. The monoisotopic (exact) mass is 277 g/mol. The maximum absolute atomic E-state index is 13.1. The Morgan fingerprint density at radius 1 is 1.30 bits per heavy atom. The molecule has 0 amide bonds. The van der Waals surface area contributed by atoms with Gasteiger partial charge in [-0.05, 0) is 37.1 Å². The molecule has 20 heavy (non-hydrogen) atoms. The summed E-state index contributed by atoms with van der Waals surface area (Å²) < 4.78 is 18.8. The molecular formula is C15H20FN3O. The Balaban J connectivity index is 2.04. The summed E-state index contributed by atoms with van der Waals surface area (Å²) in [6.07, 6.45) is 2.40. The van der Waals surface area contributed by atoms with Crippen LogP contribution in [-0.2, 0) is 6.42 Å². The topological polar surface area (TPSA) is 51.0 Å². The van der Waals surface area contributed by atoms with E-state index in [-0.39, 0.29) is 11.9 Å². The molecule has 1 aromatic heterocycles. The van der Waals surface area contributed by atoms with Gasteiger partial charge in [-0.25, -0.2) is 4.39 Å². The summed E-state index contributed by atoms with van der Waals surface area (Å²) in [4.78, 5) is 0. The predicted molar refractivity (Wildman–Crippen MR) is 74.8 cm³/mol. The van der Waals surface area contributed by atoms with Crippen LogP contribution in [0.4, 0.5) is 4.39 Å². The normalized spacial score (nSPS) is 12.6. The van der Waals surface area contributed by atoms with Crippen LogP contribution in [0.15, 0.2) is 28.7 Å². The van der Waals surface area contributed by atoms with Crippen molar-refractivity contribution in [3.8, 4) is 0 Å². The van der Waals surface area contributed by atoms with Gasteiger partial charge in [0, 0.05) is 0 Å². The van der Waals surface area contributed by atoms with Gasteiger partial charge in [-0.2, -0.15) is 0 Å². The number of nitrogens with zero attached hydrogens (tertiary/aromatic N) is 2. The Labute approximate surface area is 118 Å². The third-order valence-electron chi connectivity index (χ3n) is 3.07. The zero-order valence-electron chi connectivity index (χ0n) is 11.9. The van der Waals surface area contributed by atoms with Gasteiger partial charge in [0.25, 0.3) is 0 Å². The molecule has 2 rings (SSSR count). The van der Waals surface area contributed by atoms with Crippen molar-refractivity contribution >= 4 is 0 Å². The molecule has 5 heteroatoms. The summed E-state index contributed by atoms with van der Waals surface area (Å²) in [7, 11) is 0. The van der Waals surface area contributed by atoms with E-state index in [1.54, 1.807) is 6.07 Å². The van der Waals surface area contributed by atoms with E-state index in [9.17, 15) is 4.39 Å². The van der Waals surface area contributed by atoms with Gasteiger partial charge in [-0.1, -0.05) is 26.0 Å². The average molecular weight is 277 g/mol. The van der Waals surface area contributed by atoms with E-state index in [4.69, 9.17) is 4.42 Å². The van der Waals surface area contributed by atoms with E-state index >= 15 is 0 Å². The summed E-state index contributed by atoms with van der Waals surface area (Å²) in [6.45, 7) is 5.10. The van der Waals surface area contributed by atoms with Crippen molar-refractivity contribution < 1.29 is 8.81 Å². The largest absolute Gasteiger partial charge is 0.423 e.